The van der Waals surface area contributed by atoms with Crippen molar-refractivity contribution in [2.75, 3.05) is 5.32 Å². The number of carbonyl (C=O) groups is 2. The van der Waals surface area contributed by atoms with Gasteiger partial charge in [-0.2, -0.15) is 0 Å². The van der Waals surface area contributed by atoms with Crippen LogP contribution >= 0.6 is 0 Å². The molecule has 5 nitrogen and oxygen atoms in total. The third-order valence-corrected chi connectivity index (χ3v) is 7.71. The molecule has 1 aromatic rings. The maximum Gasteiger partial charge on any atom is 0.266 e. The van der Waals surface area contributed by atoms with Gasteiger partial charge in [-0.25, -0.2) is 0 Å². The molecule has 150 valence electrons. The zero-order valence-electron chi connectivity index (χ0n) is 16.8. The second kappa shape index (κ2) is 6.50. The lowest BCUT2D eigenvalue weighted by Crippen LogP contribution is -2.56. The molecule has 2 N–H and O–H groups in total. The standard InChI is InChI=1S/C23H30N2O3/c1-13-3-4-19-18(5-13)25-22(27)20(28-19)9-21(26)24-14(2)23-10-15-6-16(11-23)8-17(7-15)12-23/h3-5,14-17,20H,6-12H2,1-2H3,(H,24,26)(H,25,27)/t14-,15?,16?,17?,20+,23?/m0/s1. The summed E-state index contributed by atoms with van der Waals surface area (Å²) >= 11 is 0. The molecule has 1 aliphatic heterocycles. The number of nitrogens with one attached hydrogen (secondary N) is 2. The van der Waals surface area contributed by atoms with Crippen molar-refractivity contribution in [2.45, 2.75) is 70.9 Å². The molecular formula is C23H30N2O3. The molecule has 4 bridgehead atoms. The minimum absolute atomic E-state index is 0.0653. The Balaban J connectivity index is 1.23. The van der Waals surface area contributed by atoms with E-state index in [0.717, 1.165) is 23.3 Å². The first-order chi connectivity index (χ1) is 13.4. The van der Waals surface area contributed by atoms with Crippen LogP contribution in [0.1, 0.15) is 57.4 Å². The van der Waals surface area contributed by atoms with E-state index in [2.05, 4.69) is 17.6 Å². The summed E-state index contributed by atoms with van der Waals surface area (Å²) in [5, 5.41) is 6.11. The van der Waals surface area contributed by atoms with Gasteiger partial charge in [0.1, 0.15) is 5.75 Å². The van der Waals surface area contributed by atoms with Gasteiger partial charge in [0.15, 0.2) is 6.10 Å². The van der Waals surface area contributed by atoms with Crippen LogP contribution in [0.5, 0.6) is 5.75 Å². The number of fused-ring (bicyclic) bond motifs is 1. The number of anilines is 1. The fraction of sp³-hybridized carbons (Fsp3) is 0.652. The van der Waals surface area contributed by atoms with Crippen LogP contribution in [0.3, 0.4) is 0 Å². The maximum absolute atomic E-state index is 12.8. The Labute approximate surface area is 166 Å². The minimum atomic E-state index is -0.765. The van der Waals surface area contributed by atoms with Gasteiger partial charge in [-0.05, 0) is 93.2 Å². The van der Waals surface area contributed by atoms with E-state index in [4.69, 9.17) is 4.74 Å². The van der Waals surface area contributed by atoms with Crippen LogP contribution in [0, 0.1) is 30.1 Å². The van der Waals surface area contributed by atoms with Crippen LogP contribution in [0.4, 0.5) is 5.69 Å². The van der Waals surface area contributed by atoms with Crippen molar-refractivity contribution in [1.82, 2.24) is 5.32 Å². The number of benzene rings is 1. The lowest BCUT2D eigenvalue weighted by Gasteiger charge is -2.59. The SMILES string of the molecule is Cc1ccc2c(c1)NC(=O)[C@@H](CC(=O)N[C@@H](C)C13CC4CC(CC(C4)C1)C3)O2. The number of rotatable bonds is 4. The smallest absolute Gasteiger partial charge is 0.266 e. The summed E-state index contributed by atoms with van der Waals surface area (Å²) in [6.45, 7) is 4.14. The summed E-state index contributed by atoms with van der Waals surface area (Å²) in [6.07, 6.45) is 7.27. The second-order valence-electron chi connectivity index (χ2n) is 9.87. The monoisotopic (exact) mass is 382 g/mol. The first kappa shape index (κ1) is 18.0. The Morgan fingerprint density at radius 3 is 2.50 bits per heavy atom. The van der Waals surface area contributed by atoms with Crippen LogP contribution in [0.15, 0.2) is 18.2 Å². The maximum atomic E-state index is 12.8. The third kappa shape index (κ3) is 3.09. The molecule has 0 saturated heterocycles. The Kier molecular flexibility index (Phi) is 4.18. The summed E-state index contributed by atoms with van der Waals surface area (Å²) in [7, 11) is 0. The quantitative estimate of drug-likeness (QED) is 0.832. The van der Waals surface area contributed by atoms with Gasteiger partial charge >= 0.3 is 0 Å². The zero-order valence-corrected chi connectivity index (χ0v) is 16.8. The van der Waals surface area contributed by atoms with E-state index in [9.17, 15) is 9.59 Å². The van der Waals surface area contributed by atoms with Gasteiger partial charge in [0.2, 0.25) is 5.91 Å². The molecule has 0 unspecified atom stereocenters. The molecule has 2 atom stereocenters. The van der Waals surface area contributed by atoms with E-state index < -0.39 is 6.10 Å². The Morgan fingerprint density at radius 2 is 1.86 bits per heavy atom. The Bertz CT molecular complexity index is 783. The lowest BCUT2D eigenvalue weighted by atomic mass is 9.48. The fourth-order valence-corrected chi connectivity index (χ4v) is 6.73. The number of hydrogen-bond acceptors (Lipinski definition) is 3. The van der Waals surface area contributed by atoms with E-state index >= 15 is 0 Å². The highest BCUT2D eigenvalue weighted by atomic mass is 16.5. The molecule has 4 saturated carbocycles. The van der Waals surface area contributed by atoms with Gasteiger partial charge in [-0.1, -0.05) is 6.07 Å². The Morgan fingerprint density at radius 1 is 1.21 bits per heavy atom. The topological polar surface area (TPSA) is 67.4 Å². The molecule has 1 heterocycles. The van der Waals surface area contributed by atoms with Crippen molar-refractivity contribution in [2.24, 2.45) is 23.2 Å². The first-order valence-electron chi connectivity index (χ1n) is 10.8. The molecule has 1 aromatic carbocycles. The number of hydrogen-bond donors (Lipinski definition) is 2. The molecule has 2 amide bonds. The van der Waals surface area contributed by atoms with Gasteiger partial charge in [0.05, 0.1) is 12.1 Å². The Hall–Kier alpha value is -2.04. The highest BCUT2D eigenvalue weighted by Crippen LogP contribution is 2.61. The summed E-state index contributed by atoms with van der Waals surface area (Å²) in [4.78, 5) is 25.2. The van der Waals surface area contributed by atoms with Crippen molar-refractivity contribution >= 4 is 17.5 Å². The molecular weight excluding hydrogens is 352 g/mol. The van der Waals surface area contributed by atoms with Crippen LogP contribution < -0.4 is 15.4 Å². The molecule has 4 aliphatic carbocycles. The predicted molar refractivity (Wildman–Crippen MR) is 107 cm³/mol. The number of aryl methyl sites for hydroxylation is 1. The molecule has 5 aliphatic rings. The summed E-state index contributed by atoms with van der Waals surface area (Å²) < 4.78 is 5.83. The van der Waals surface area contributed by atoms with Gasteiger partial charge in [-0.15, -0.1) is 0 Å². The second-order valence-corrected chi connectivity index (χ2v) is 9.87. The van der Waals surface area contributed by atoms with Crippen LogP contribution in [-0.4, -0.2) is 24.0 Å². The normalized spacial score (nSPS) is 36.3. The number of ether oxygens (including phenoxy) is 1. The van der Waals surface area contributed by atoms with Gasteiger partial charge in [-0.3, -0.25) is 9.59 Å². The number of amides is 2. The van der Waals surface area contributed by atoms with E-state index in [0.29, 0.717) is 11.4 Å². The van der Waals surface area contributed by atoms with Gasteiger partial charge in [0, 0.05) is 6.04 Å². The van der Waals surface area contributed by atoms with Crippen molar-refractivity contribution in [1.29, 1.82) is 0 Å². The third-order valence-electron chi connectivity index (χ3n) is 7.71. The van der Waals surface area contributed by atoms with Crippen molar-refractivity contribution in [3.8, 4) is 5.75 Å². The number of carbonyl (C=O) groups excluding carboxylic acids is 2. The van der Waals surface area contributed by atoms with Crippen LogP contribution in [0.2, 0.25) is 0 Å². The largest absolute Gasteiger partial charge is 0.478 e. The van der Waals surface area contributed by atoms with E-state index in [1.807, 2.05) is 25.1 Å². The summed E-state index contributed by atoms with van der Waals surface area (Å²) in [5.41, 5.74) is 2.01. The fourth-order valence-electron chi connectivity index (χ4n) is 6.73. The molecule has 28 heavy (non-hydrogen) atoms. The molecule has 0 radical (unpaired) electrons. The predicted octanol–water partition coefficient (Wildman–Crippen LogP) is 3.81. The molecule has 6 rings (SSSR count). The van der Waals surface area contributed by atoms with Crippen LogP contribution in [-0.2, 0) is 9.59 Å². The van der Waals surface area contributed by atoms with Crippen molar-refractivity contribution in [3.63, 3.8) is 0 Å². The van der Waals surface area contributed by atoms with E-state index in [-0.39, 0.29) is 29.7 Å². The minimum Gasteiger partial charge on any atom is -0.478 e. The zero-order chi connectivity index (χ0) is 19.5. The molecule has 5 heteroatoms. The average Bonchev–Trinajstić information content (AvgIpc) is 2.61. The average molecular weight is 383 g/mol. The van der Waals surface area contributed by atoms with Crippen molar-refractivity contribution in [3.05, 3.63) is 23.8 Å². The van der Waals surface area contributed by atoms with Gasteiger partial charge < -0.3 is 15.4 Å². The highest BCUT2D eigenvalue weighted by molar-refractivity contribution is 6.00. The van der Waals surface area contributed by atoms with Crippen LogP contribution in [0.25, 0.3) is 0 Å². The summed E-state index contributed by atoms with van der Waals surface area (Å²) in [6, 6.07) is 5.85. The highest BCUT2D eigenvalue weighted by Gasteiger charge is 2.53. The van der Waals surface area contributed by atoms with Gasteiger partial charge in [0.25, 0.3) is 5.91 Å². The first-order valence-corrected chi connectivity index (χ1v) is 10.8. The lowest BCUT2D eigenvalue weighted by molar-refractivity contribution is -0.133. The van der Waals surface area contributed by atoms with E-state index in [1.165, 1.54) is 38.5 Å². The van der Waals surface area contributed by atoms with Crippen molar-refractivity contribution < 1.29 is 14.3 Å². The molecule has 4 fully saturated rings. The molecule has 0 aromatic heterocycles. The summed E-state index contributed by atoms with van der Waals surface area (Å²) in [5.74, 6) is 2.89. The molecule has 0 spiro atoms. The van der Waals surface area contributed by atoms with E-state index in [1.54, 1.807) is 0 Å².